The van der Waals surface area contributed by atoms with Crippen LogP contribution in [0.2, 0.25) is 5.02 Å². The van der Waals surface area contributed by atoms with E-state index >= 15 is 0 Å². The summed E-state index contributed by atoms with van der Waals surface area (Å²) in [5.74, 6) is -0.938. The van der Waals surface area contributed by atoms with Gasteiger partial charge >= 0.3 is 0 Å². The third-order valence-corrected chi connectivity index (χ3v) is 3.37. The quantitative estimate of drug-likeness (QED) is 0.828. The maximum atomic E-state index is 13.7. The van der Waals surface area contributed by atoms with Crippen LogP contribution in [0.5, 0.6) is 0 Å². The molecule has 0 spiro atoms. The molecule has 5 heteroatoms. The molecule has 0 saturated carbocycles. The van der Waals surface area contributed by atoms with Crippen LogP contribution >= 0.6 is 11.6 Å². The van der Waals surface area contributed by atoms with E-state index in [2.05, 4.69) is 0 Å². The monoisotopic (exact) mass is 271 g/mol. The molecular weight excluding hydrogens is 257 g/mol. The number of nitrogens with zero attached hydrogens (tertiary/aromatic N) is 1. The summed E-state index contributed by atoms with van der Waals surface area (Å²) in [6.45, 7) is 3.44. The van der Waals surface area contributed by atoms with Gasteiger partial charge < -0.3 is 9.64 Å². The summed E-state index contributed by atoms with van der Waals surface area (Å²) in [7, 11) is 0. The lowest BCUT2D eigenvalue weighted by Crippen LogP contribution is -2.45. The van der Waals surface area contributed by atoms with Gasteiger partial charge in [0.15, 0.2) is 0 Å². The Morgan fingerprint density at radius 2 is 2.39 bits per heavy atom. The number of carbonyl (C=O) groups excluding carboxylic acids is 1. The molecule has 1 aliphatic rings. The van der Waals surface area contributed by atoms with Crippen molar-refractivity contribution in [2.24, 2.45) is 0 Å². The van der Waals surface area contributed by atoms with E-state index < -0.39 is 5.82 Å². The zero-order chi connectivity index (χ0) is 13.1. The van der Waals surface area contributed by atoms with Crippen molar-refractivity contribution in [2.45, 2.75) is 19.4 Å². The average Bonchev–Trinajstić information content (AvgIpc) is 2.38. The fourth-order valence-corrected chi connectivity index (χ4v) is 2.25. The largest absolute Gasteiger partial charge is 0.375 e. The minimum absolute atomic E-state index is 0.0215. The molecule has 0 radical (unpaired) electrons. The summed E-state index contributed by atoms with van der Waals surface area (Å²) >= 11 is 5.90. The highest BCUT2D eigenvalue weighted by Gasteiger charge is 2.27. The average molecular weight is 272 g/mol. The smallest absolute Gasteiger partial charge is 0.258 e. The maximum absolute atomic E-state index is 13.7. The second kappa shape index (κ2) is 5.67. The van der Waals surface area contributed by atoms with E-state index in [1.165, 1.54) is 18.2 Å². The molecule has 1 atom stereocenters. The van der Waals surface area contributed by atoms with E-state index in [1.807, 2.05) is 6.92 Å². The van der Waals surface area contributed by atoms with Gasteiger partial charge in [-0.3, -0.25) is 4.79 Å². The lowest BCUT2D eigenvalue weighted by atomic mass is 10.1. The molecule has 0 bridgehead atoms. The van der Waals surface area contributed by atoms with Crippen molar-refractivity contribution in [2.75, 3.05) is 19.7 Å². The Labute approximate surface area is 110 Å². The fourth-order valence-electron chi connectivity index (χ4n) is 2.01. The number of benzene rings is 1. The Kier molecular flexibility index (Phi) is 4.19. The first kappa shape index (κ1) is 13.3. The number of ether oxygens (including phenoxy) is 1. The van der Waals surface area contributed by atoms with Crippen LogP contribution in [0.15, 0.2) is 18.2 Å². The summed E-state index contributed by atoms with van der Waals surface area (Å²) in [5.41, 5.74) is -0.0454. The minimum Gasteiger partial charge on any atom is -0.375 e. The molecule has 2 rings (SSSR count). The molecule has 18 heavy (non-hydrogen) atoms. The van der Waals surface area contributed by atoms with Gasteiger partial charge in [0, 0.05) is 13.1 Å². The predicted molar refractivity (Wildman–Crippen MR) is 67.3 cm³/mol. The number of hydrogen-bond acceptors (Lipinski definition) is 2. The molecule has 1 aromatic rings. The summed E-state index contributed by atoms with van der Waals surface area (Å²) in [4.78, 5) is 13.8. The molecule has 1 heterocycles. The SMILES string of the molecule is CC[C@H]1CN(C(=O)c2c(F)cccc2Cl)CCO1. The molecule has 0 aromatic heterocycles. The van der Waals surface area contributed by atoms with Crippen molar-refractivity contribution in [1.29, 1.82) is 0 Å². The summed E-state index contributed by atoms with van der Waals surface area (Å²) < 4.78 is 19.2. The molecule has 0 N–H and O–H groups in total. The first-order chi connectivity index (χ1) is 8.63. The molecular formula is C13H15ClFNO2. The predicted octanol–water partition coefficient (Wildman–Crippen LogP) is 2.73. The van der Waals surface area contributed by atoms with Crippen LogP contribution in [-0.4, -0.2) is 36.6 Å². The Morgan fingerprint density at radius 1 is 1.61 bits per heavy atom. The van der Waals surface area contributed by atoms with Gasteiger partial charge in [-0.1, -0.05) is 24.6 Å². The molecule has 1 fully saturated rings. The van der Waals surface area contributed by atoms with Gasteiger partial charge in [0.1, 0.15) is 5.82 Å². The van der Waals surface area contributed by atoms with Crippen molar-refractivity contribution >= 4 is 17.5 Å². The highest BCUT2D eigenvalue weighted by molar-refractivity contribution is 6.33. The summed E-state index contributed by atoms with van der Waals surface area (Å²) in [6.07, 6.45) is 0.850. The fraction of sp³-hybridized carbons (Fsp3) is 0.462. The summed E-state index contributed by atoms with van der Waals surface area (Å²) in [6, 6.07) is 4.26. The highest BCUT2D eigenvalue weighted by atomic mass is 35.5. The highest BCUT2D eigenvalue weighted by Crippen LogP contribution is 2.22. The van der Waals surface area contributed by atoms with E-state index in [1.54, 1.807) is 4.90 Å². The van der Waals surface area contributed by atoms with Gasteiger partial charge in [-0.15, -0.1) is 0 Å². The number of halogens is 2. The lowest BCUT2D eigenvalue weighted by molar-refractivity contribution is -0.0227. The number of rotatable bonds is 2. The maximum Gasteiger partial charge on any atom is 0.258 e. The van der Waals surface area contributed by atoms with Crippen LogP contribution in [0.25, 0.3) is 0 Å². The van der Waals surface area contributed by atoms with E-state index in [4.69, 9.17) is 16.3 Å². The lowest BCUT2D eigenvalue weighted by Gasteiger charge is -2.32. The zero-order valence-corrected chi connectivity index (χ0v) is 10.9. The third kappa shape index (κ3) is 2.65. The van der Waals surface area contributed by atoms with Gasteiger partial charge in [0.05, 0.1) is 23.3 Å². The Hall–Kier alpha value is -1.13. The van der Waals surface area contributed by atoms with E-state index in [-0.39, 0.29) is 22.6 Å². The number of amides is 1. The van der Waals surface area contributed by atoms with Crippen molar-refractivity contribution in [3.63, 3.8) is 0 Å². The van der Waals surface area contributed by atoms with Crippen molar-refractivity contribution < 1.29 is 13.9 Å². The Morgan fingerprint density at radius 3 is 3.06 bits per heavy atom. The topological polar surface area (TPSA) is 29.5 Å². The van der Waals surface area contributed by atoms with Crippen molar-refractivity contribution in [3.05, 3.63) is 34.6 Å². The molecule has 98 valence electrons. The Bertz CT molecular complexity index is 432. The van der Waals surface area contributed by atoms with E-state index in [0.29, 0.717) is 19.7 Å². The van der Waals surface area contributed by atoms with Crippen LogP contribution in [0.3, 0.4) is 0 Å². The number of hydrogen-bond donors (Lipinski definition) is 0. The molecule has 1 aliphatic heterocycles. The minimum atomic E-state index is -0.577. The zero-order valence-electron chi connectivity index (χ0n) is 10.2. The molecule has 0 unspecified atom stereocenters. The van der Waals surface area contributed by atoms with Crippen LogP contribution in [0.4, 0.5) is 4.39 Å². The van der Waals surface area contributed by atoms with E-state index in [0.717, 1.165) is 6.42 Å². The van der Waals surface area contributed by atoms with Gasteiger partial charge in [-0.2, -0.15) is 0 Å². The number of carbonyl (C=O) groups is 1. The second-order valence-corrected chi connectivity index (χ2v) is 4.66. The van der Waals surface area contributed by atoms with Crippen LogP contribution < -0.4 is 0 Å². The normalized spacial score (nSPS) is 19.9. The Balaban J connectivity index is 2.20. The van der Waals surface area contributed by atoms with Crippen LogP contribution in [0.1, 0.15) is 23.7 Å². The third-order valence-electron chi connectivity index (χ3n) is 3.06. The molecule has 0 aliphatic carbocycles. The van der Waals surface area contributed by atoms with Crippen molar-refractivity contribution in [3.8, 4) is 0 Å². The van der Waals surface area contributed by atoms with Gasteiger partial charge in [-0.25, -0.2) is 4.39 Å². The van der Waals surface area contributed by atoms with Crippen molar-refractivity contribution in [1.82, 2.24) is 4.90 Å². The van der Waals surface area contributed by atoms with Gasteiger partial charge in [0.25, 0.3) is 5.91 Å². The number of morpholine rings is 1. The molecule has 3 nitrogen and oxygen atoms in total. The van der Waals surface area contributed by atoms with E-state index in [9.17, 15) is 9.18 Å². The second-order valence-electron chi connectivity index (χ2n) is 4.25. The first-order valence-electron chi connectivity index (χ1n) is 5.98. The van der Waals surface area contributed by atoms with Crippen LogP contribution in [0, 0.1) is 5.82 Å². The molecule has 1 saturated heterocycles. The summed E-state index contributed by atoms with van der Waals surface area (Å²) in [5, 5.41) is 0.152. The van der Waals surface area contributed by atoms with Gasteiger partial charge in [0.2, 0.25) is 0 Å². The first-order valence-corrected chi connectivity index (χ1v) is 6.36. The molecule has 1 aromatic carbocycles. The van der Waals surface area contributed by atoms with Gasteiger partial charge in [-0.05, 0) is 18.6 Å². The molecule has 1 amide bonds. The van der Waals surface area contributed by atoms with Crippen LogP contribution in [-0.2, 0) is 4.74 Å². The standard InChI is InChI=1S/C13H15ClFNO2/c1-2-9-8-16(6-7-18-9)13(17)12-10(14)4-3-5-11(12)15/h3-5,9H,2,6-8H2,1H3/t9-/m0/s1.